The van der Waals surface area contributed by atoms with Crippen molar-refractivity contribution in [2.45, 2.75) is 44.9 Å². The first-order chi connectivity index (χ1) is 9.35. The fourth-order valence-electron chi connectivity index (χ4n) is 1.74. The zero-order chi connectivity index (χ0) is 14.8. The normalized spacial score (nSPS) is 15.2. The Morgan fingerprint density at radius 2 is 2.20 bits per heavy atom. The molecule has 6 heteroatoms. The van der Waals surface area contributed by atoms with Crippen molar-refractivity contribution in [3.63, 3.8) is 0 Å². The van der Waals surface area contributed by atoms with Crippen LogP contribution in [0, 0.1) is 10.1 Å². The Morgan fingerprint density at radius 1 is 1.50 bits per heavy atom. The second-order valence-corrected chi connectivity index (χ2v) is 5.82. The highest BCUT2D eigenvalue weighted by molar-refractivity contribution is 5.48. The van der Waals surface area contributed by atoms with E-state index < -0.39 is 10.5 Å². The lowest BCUT2D eigenvalue weighted by molar-refractivity contribution is -0.386. The summed E-state index contributed by atoms with van der Waals surface area (Å²) in [4.78, 5) is 10.6. The number of rotatable bonds is 7. The first-order valence-corrected chi connectivity index (χ1v) is 6.71. The van der Waals surface area contributed by atoms with E-state index in [4.69, 9.17) is 4.74 Å². The van der Waals surface area contributed by atoms with E-state index in [0.29, 0.717) is 12.6 Å². The quantitative estimate of drug-likeness (QED) is 0.589. The van der Waals surface area contributed by atoms with E-state index in [2.05, 4.69) is 5.32 Å². The van der Waals surface area contributed by atoms with Crippen LogP contribution in [-0.2, 0) is 6.54 Å². The molecule has 6 nitrogen and oxygen atoms in total. The maximum absolute atomic E-state index is 11.1. The molecule has 0 amide bonds. The van der Waals surface area contributed by atoms with E-state index in [1.807, 2.05) is 6.07 Å². The molecular formula is C14H20N2O4. The molecule has 2 rings (SSSR count). The molecule has 0 radical (unpaired) electrons. The first kappa shape index (κ1) is 14.7. The van der Waals surface area contributed by atoms with Crippen LogP contribution in [-0.4, -0.2) is 28.3 Å². The average Bonchev–Trinajstić information content (AvgIpc) is 3.17. The van der Waals surface area contributed by atoms with Gasteiger partial charge in [-0.3, -0.25) is 10.1 Å². The van der Waals surface area contributed by atoms with E-state index in [1.54, 1.807) is 19.9 Å². The Hall–Kier alpha value is -1.66. The lowest BCUT2D eigenvalue weighted by atomic mass is 10.1. The molecule has 0 atom stereocenters. The highest BCUT2D eigenvalue weighted by atomic mass is 16.6. The third kappa shape index (κ3) is 4.47. The number of benzene rings is 1. The summed E-state index contributed by atoms with van der Waals surface area (Å²) >= 11 is 0. The second kappa shape index (κ2) is 5.76. The molecule has 1 fully saturated rings. The molecule has 0 spiro atoms. The maximum atomic E-state index is 11.1. The van der Waals surface area contributed by atoms with E-state index in [0.717, 1.165) is 5.56 Å². The number of nitrogens with zero attached hydrogens (tertiary/aromatic N) is 1. The minimum absolute atomic E-state index is 0.00745. The van der Waals surface area contributed by atoms with Gasteiger partial charge in [0.25, 0.3) is 0 Å². The molecule has 2 N–H and O–H groups in total. The third-order valence-electron chi connectivity index (χ3n) is 2.97. The minimum atomic E-state index is -1.03. The van der Waals surface area contributed by atoms with Gasteiger partial charge in [-0.25, -0.2) is 0 Å². The van der Waals surface area contributed by atoms with Crippen molar-refractivity contribution in [3.05, 3.63) is 33.9 Å². The van der Waals surface area contributed by atoms with Crippen LogP contribution in [0.5, 0.6) is 5.75 Å². The Labute approximate surface area is 117 Å². The number of hydrogen-bond donors (Lipinski definition) is 2. The van der Waals surface area contributed by atoms with Crippen molar-refractivity contribution >= 4 is 5.69 Å². The van der Waals surface area contributed by atoms with Crippen molar-refractivity contribution in [1.82, 2.24) is 5.32 Å². The second-order valence-electron chi connectivity index (χ2n) is 5.82. The average molecular weight is 280 g/mol. The van der Waals surface area contributed by atoms with Gasteiger partial charge < -0.3 is 15.2 Å². The Bertz CT molecular complexity index is 492. The molecule has 0 bridgehead atoms. The molecule has 1 aromatic rings. The summed E-state index contributed by atoms with van der Waals surface area (Å²) in [5.74, 6) is 0.187. The summed E-state index contributed by atoms with van der Waals surface area (Å²) in [7, 11) is 0. The molecule has 0 saturated heterocycles. The van der Waals surface area contributed by atoms with E-state index in [1.165, 1.54) is 18.9 Å². The molecule has 1 aliphatic rings. The van der Waals surface area contributed by atoms with Gasteiger partial charge in [0.05, 0.1) is 10.5 Å². The van der Waals surface area contributed by atoms with Crippen LogP contribution in [0.3, 0.4) is 0 Å². The van der Waals surface area contributed by atoms with Crippen LogP contribution >= 0.6 is 0 Å². The van der Waals surface area contributed by atoms with Crippen molar-refractivity contribution in [1.29, 1.82) is 0 Å². The molecule has 110 valence electrons. The van der Waals surface area contributed by atoms with Crippen LogP contribution in [0.4, 0.5) is 5.69 Å². The SMILES string of the molecule is CC(C)(O)COc1ccc(CNC2CC2)cc1[N+](=O)[O-]. The molecule has 0 unspecified atom stereocenters. The fourth-order valence-corrected chi connectivity index (χ4v) is 1.74. The van der Waals surface area contributed by atoms with Gasteiger partial charge in [-0.15, -0.1) is 0 Å². The summed E-state index contributed by atoms with van der Waals surface area (Å²) < 4.78 is 5.34. The van der Waals surface area contributed by atoms with Gasteiger partial charge in [-0.05, 0) is 38.3 Å². The summed E-state index contributed by atoms with van der Waals surface area (Å²) in [5, 5.41) is 24.0. The Balaban J connectivity index is 2.08. The van der Waals surface area contributed by atoms with Gasteiger partial charge in [0.1, 0.15) is 6.61 Å². The van der Waals surface area contributed by atoms with Crippen LogP contribution in [0.1, 0.15) is 32.3 Å². The predicted octanol–water partition coefficient (Wildman–Crippen LogP) is 2.00. The van der Waals surface area contributed by atoms with Crippen molar-refractivity contribution in [3.8, 4) is 5.75 Å². The van der Waals surface area contributed by atoms with Gasteiger partial charge in [0, 0.05) is 18.7 Å². The molecular weight excluding hydrogens is 260 g/mol. The summed E-state index contributed by atoms with van der Waals surface area (Å²) in [6, 6.07) is 5.48. The highest BCUT2D eigenvalue weighted by Gasteiger charge is 2.22. The van der Waals surface area contributed by atoms with Crippen molar-refractivity contribution in [2.75, 3.05) is 6.61 Å². The van der Waals surface area contributed by atoms with Crippen molar-refractivity contribution < 1.29 is 14.8 Å². The molecule has 1 aliphatic carbocycles. The molecule has 20 heavy (non-hydrogen) atoms. The Kier molecular flexibility index (Phi) is 4.25. The summed E-state index contributed by atoms with van der Waals surface area (Å²) in [6.45, 7) is 3.81. The highest BCUT2D eigenvalue weighted by Crippen LogP contribution is 2.29. The summed E-state index contributed by atoms with van der Waals surface area (Å²) in [6.07, 6.45) is 2.35. The number of ether oxygens (including phenoxy) is 1. The molecule has 0 aromatic heterocycles. The third-order valence-corrected chi connectivity index (χ3v) is 2.97. The van der Waals surface area contributed by atoms with Crippen LogP contribution < -0.4 is 10.1 Å². The lowest BCUT2D eigenvalue weighted by Gasteiger charge is -2.17. The van der Waals surface area contributed by atoms with Crippen molar-refractivity contribution in [2.24, 2.45) is 0 Å². The number of nitro benzene ring substituents is 1. The fraction of sp³-hybridized carbons (Fsp3) is 0.571. The van der Waals surface area contributed by atoms with Gasteiger partial charge >= 0.3 is 5.69 Å². The van der Waals surface area contributed by atoms with Gasteiger partial charge in [-0.2, -0.15) is 0 Å². The number of nitrogens with one attached hydrogen (secondary N) is 1. The monoisotopic (exact) mass is 280 g/mol. The standard InChI is InChI=1S/C14H20N2O4/c1-14(2,17)9-20-13-6-3-10(7-12(13)16(18)19)8-15-11-4-5-11/h3,6-7,11,15,17H,4-5,8-9H2,1-2H3. The Morgan fingerprint density at radius 3 is 2.75 bits per heavy atom. The van der Waals surface area contributed by atoms with E-state index in [9.17, 15) is 15.2 Å². The number of nitro groups is 1. The predicted molar refractivity (Wildman–Crippen MR) is 74.8 cm³/mol. The summed E-state index contributed by atoms with van der Waals surface area (Å²) in [5.41, 5.74) is -0.233. The molecule has 0 aliphatic heterocycles. The van der Waals surface area contributed by atoms with Gasteiger partial charge in [0.15, 0.2) is 5.75 Å². The number of hydrogen-bond acceptors (Lipinski definition) is 5. The molecule has 1 saturated carbocycles. The topological polar surface area (TPSA) is 84.6 Å². The van der Waals surface area contributed by atoms with E-state index in [-0.39, 0.29) is 18.0 Å². The largest absolute Gasteiger partial charge is 0.484 e. The zero-order valence-electron chi connectivity index (χ0n) is 11.8. The van der Waals surface area contributed by atoms with Gasteiger partial charge in [-0.1, -0.05) is 6.07 Å². The van der Waals surface area contributed by atoms with Crippen LogP contribution in [0.2, 0.25) is 0 Å². The number of aliphatic hydroxyl groups is 1. The first-order valence-electron chi connectivity index (χ1n) is 6.71. The lowest BCUT2D eigenvalue weighted by Crippen LogP contribution is -2.28. The smallest absolute Gasteiger partial charge is 0.311 e. The van der Waals surface area contributed by atoms with E-state index >= 15 is 0 Å². The van der Waals surface area contributed by atoms with Gasteiger partial charge in [0.2, 0.25) is 0 Å². The minimum Gasteiger partial charge on any atom is -0.484 e. The zero-order valence-corrected chi connectivity index (χ0v) is 11.8. The van der Waals surface area contributed by atoms with Crippen LogP contribution in [0.15, 0.2) is 18.2 Å². The molecule has 0 heterocycles. The van der Waals surface area contributed by atoms with Crippen LogP contribution in [0.25, 0.3) is 0 Å². The molecule has 1 aromatic carbocycles. The maximum Gasteiger partial charge on any atom is 0.311 e.